The van der Waals surface area contributed by atoms with Crippen molar-refractivity contribution in [1.29, 1.82) is 0 Å². The van der Waals surface area contributed by atoms with Crippen LogP contribution in [-0.4, -0.2) is 32.6 Å². The monoisotopic (exact) mass is 351 g/mol. The van der Waals surface area contributed by atoms with Crippen molar-refractivity contribution in [2.24, 2.45) is 17.3 Å². The lowest BCUT2D eigenvalue weighted by atomic mass is 9.65. The average molecular weight is 352 g/mol. The minimum absolute atomic E-state index is 0.202. The third-order valence-electron chi connectivity index (χ3n) is 5.37. The third kappa shape index (κ3) is 3.57. The highest BCUT2D eigenvalue weighted by Gasteiger charge is 2.49. The van der Waals surface area contributed by atoms with Gasteiger partial charge in [0.25, 0.3) is 0 Å². The summed E-state index contributed by atoms with van der Waals surface area (Å²) in [5.41, 5.74) is 0.0874. The molecule has 0 aromatic heterocycles. The van der Waals surface area contributed by atoms with Gasteiger partial charge in [-0.05, 0) is 29.7 Å². The Labute approximate surface area is 146 Å². The van der Waals surface area contributed by atoms with Crippen LogP contribution < -0.4 is 0 Å². The number of carbonyl (C=O) groups excluding carboxylic acids is 1. The topological polar surface area (TPSA) is 54.5 Å². The highest BCUT2D eigenvalue weighted by Crippen LogP contribution is 2.49. The molecule has 3 atom stereocenters. The molecule has 1 fully saturated rings. The molecule has 2 rings (SSSR count). The molecule has 0 saturated heterocycles. The smallest absolute Gasteiger partial charge is 0.221 e. The first kappa shape index (κ1) is 19.1. The van der Waals surface area contributed by atoms with E-state index in [2.05, 4.69) is 6.92 Å². The molecule has 24 heavy (non-hydrogen) atoms. The van der Waals surface area contributed by atoms with Crippen LogP contribution in [0.2, 0.25) is 0 Å². The minimum atomic E-state index is -3.55. The molecule has 0 spiro atoms. The molecule has 5 heteroatoms. The van der Waals surface area contributed by atoms with Crippen LogP contribution in [-0.2, 0) is 14.8 Å². The van der Waals surface area contributed by atoms with E-state index in [-0.39, 0.29) is 11.7 Å². The second-order valence-corrected chi connectivity index (χ2v) is 10.1. The number of Topliss-reactive ketones (excluding diaryl/α,β-unsaturated/α-hetero) is 1. The van der Waals surface area contributed by atoms with Gasteiger partial charge < -0.3 is 0 Å². The van der Waals surface area contributed by atoms with Crippen molar-refractivity contribution in [1.82, 2.24) is 4.31 Å². The Morgan fingerprint density at radius 3 is 2.21 bits per heavy atom. The summed E-state index contributed by atoms with van der Waals surface area (Å²) < 4.78 is 27.5. The summed E-state index contributed by atoms with van der Waals surface area (Å²) in [7, 11) is -0.432. The van der Waals surface area contributed by atoms with Gasteiger partial charge >= 0.3 is 0 Å². The summed E-state index contributed by atoms with van der Waals surface area (Å²) >= 11 is 0. The largest absolute Gasteiger partial charge is 0.299 e. The number of ketones is 1. The zero-order valence-corrected chi connectivity index (χ0v) is 16.1. The van der Waals surface area contributed by atoms with Crippen molar-refractivity contribution in [3.05, 3.63) is 35.9 Å². The van der Waals surface area contributed by atoms with Crippen molar-refractivity contribution in [2.45, 2.75) is 45.3 Å². The molecule has 0 amide bonds. The van der Waals surface area contributed by atoms with Gasteiger partial charge in [-0.3, -0.25) is 4.79 Å². The molecule has 4 nitrogen and oxygen atoms in total. The molecule has 0 bridgehead atoms. The first-order valence-corrected chi connectivity index (χ1v) is 10.1. The zero-order chi connectivity index (χ0) is 18.1. The molecule has 0 unspecified atom stereocenters. The quantitative estimate of drug-likeness (QED) is 0.813. The second kappa shape index (κ2) is 6.96. The van der Waals surface area contributed by atoms with Crippen LogP contribution in [0.5, 0.6) is 0 Å². The normalized spacial score (nSPS) is 24.2. The molecule has 1 aromatic rings. The molecule has 1 aromatic carbocycles. The Balaban J connectivity index is 2.52. The van der Waals surface area contributed by atoms with E-state index in [1.54, 1.807) is 14.1 Å². The fraction of sp³-hybridized carbons (Fsp3) is 0.632. The Morgan fingerprint density at radius 1 is 1.12 bits per heavy atom. The number of carbonyl (C=O) groups is 1. The van der Waals surface area contributed by atoms with E-state index in [1.165, 1.54) is 4.31 Å². The van der Waals surface area contributed by atoms with Gasteiger partial charge in [0.05, 0.1) is 0 Å². The summed E-state index contributed by atoms with van der Waals surface area (Å²) in [4.78, 5) is 12.7. The Kier molecular flexibility index (Phi) is 5.55. The van der Waals surface area contributed by atoms with Gasteiger partial charge in [-0.25, -0.2) is 12.7 Å². The lowest BCUT2D eigenvalue weighted by Gasteiger charge is -2.43. The van der Waals surface area contributed by atoms with E-state index in [0.29, 0.717) is 12.3 Å². The number of rotatable bonds is 5. The predicted octanol–water partition coefficient (Wildman–Crippen LogP) is 3.65. The number of sulfonamides is 1. The van der Waals surface area contributed by atoms with Crippen LogP contribution in [0.25, 0.3) is 0 Å². The van der Waals surface area contributed by atoms with Crippen molar-refractivity contribution in [2.75, 3.05) is 14.1 Å². The highest BCUT2D eigenvalue weighted by atomic mass is 32.2. The Hall–Kier alpha value is -1.20. The molecule has 1 saturated carbocycles. The minimum Gasteiger partial charge on any atom is -0.299 e. The fourth-order valence-electron chi connectivity index (χ4n) is 3.99. The Morgan fingerprint density at radius 2 is 1.71 bits per heavy atom. The van der Waals surface area contributed by atoms with E-state index in [9.17, 15) is 13.2 Å². The maximum atomic E-state index is 13.1. The SMILES string of the molecule is C[C@@H]1CC[C@@H](C(C)(C)[C@H](c2ccccc2)S(=O)(=O)N(C)C)C(=O)C1. The van der Waals surface area contributed by atoms with Crippen molar-refractivity contribution in [3.8, 4) is 0 Å². The third-order valence-corrected chi connectivity index (χ3v) is 7.86. The maximum Gasteiger partial charge on any atom is 0.221 e. The van der Waals surface area contributed by atoms with Crippen molar-refractivity contribution in [3.63, 3.8) is 0 Å². The second-order valence-electron chi connectivity index (χ2n) is 7.84. The summed E-state index contributed by atoms with van der Waals surface area (Å²) in [6.07, 6.45) is 2.29. The summed E-state index contributed by atoms with van der Waals surface area (Å²) in [6.45, 7) is 5.96. The molecule has 0 N–H and O–H groups in total. The van der Waals surface area contributed by atoms with Crippen LogP contribution in [0.1, 0.15) is 50.8 Å². The van der Waals surface area contributed by atoms with Crippen LogP contribution in [0, 0.1) is 17.3 Å². The van der Waals surface area contributed by atoms with Crippen LogP contribution in [0.15, 0.2) is 30.3 Å². The van der Waals surface area contributed by atoms with Gasteiger partial charge in [0, 0.05) is 26.4 Å². The van der Waals surface area contributed by atoms with Gasteiger partial charge in [-0.2, -0.15) is 0 Å². The fourth-order valence-corrected chi connectivity index (χ4v) is 5.85. The number of nitrogens with zero attached hydrogens (tertiary/aromatic N) is 1. The maximum absolute atomic E-state index is 13.1. The average Bonchev–Trinajstić information content (AvgIpc) is 2.47. The zero-order valence-electron chi connectivity index (χ0n) is 15.3. The summed E-state index contributed by atoms with van der Waals surface area (Å²) in [5, 5.41) is -0.733. The standard InChI is InChI=1S/C19H29NO3S/c1-14-11-12-16(17(21)13-14)19(2,3)18(24(22,23)20(4)5)15-9-7-6-8-10-15/h6-10,14,16,18H,11-13H2,1-5H3/t14-,16-,18+/m1/s1. The van der Waals surface area contributed by atoms with Gasteiger partial charge in [-0.15, -0.1) is 0 Å². The molecule has 134 valence electrons. The number of benzene rings is 1. The van der Waals surface area contributed by atoms with Crippen LogP contribution in [0.4, 0.5) is 0 Å². The van der Waals surface area contributed by atoms with Gasteiger partial charge in [0.15, 0.2) is 0 Å². The van der Waals surface area contributed by atoms with Crippen molar-refractivity contribution >= 4 is 15.8 Å². The van der Waals surface area contributed by atoms with E-state index >= 15 is 0 Å². The van der Waals surface area contributed by atoms with E-state index in [4.69, 9.17) is 0 Å². The molecular weight excluding hydrogens is 322 g/mol. The molecule has 0 heterocycles. The van der Waals surface area contributed by atoms with Gasteiger partial charge in [0.2, 0.25) is 10.0 Å². The molecule has 1 aliphatic rings. The first-order chi connectivity index (χ1) is 11.1. The van der Waals surface area contributed by atoms with Crippen molar-refractivity contribution < 1.29 is 13.2 Å². The highest BCUT2D eigenvalue weighted by molar-refractivity contribution is 7.89. The van der Waals surface area contributed by atoms with Crippen LogP contribution in [0.3, 0.4) is 0 Å². The first-order valence-electron chi connectivity index (χ1n) is 8.57. The summed E-state index contributed by atoms with van der Waals surface area (Å²) in [6, 6.07) is 9.29. The number of hydrogen-bond acceptors (Lipinski definition) is 3. The summed E-state index contributed by atoms with van der Waals surface area (Å²) in [5.74, 6) is 0.368. The number of hydrogen-bond donors (Lipinski definition) is 0. The lowest BCUT2D eigenvalue weighted by Crippen LogP contribution is -2.44. The van der Waals surface area contributed by atoms with E-state index < -0.39 is 20.7 Å². The van der Waals surface area contributed by atoms with E-state index in [0.717, 1.165) is 18.4 Å². The predicted molar refractivity (Wildman–Crippen MR) is 97.1 cm³/mol. The van der Waals surface area contributed by atoms with Gasteiger partial charge in [0.1, 0.15) is 11.0 Å². The van der Waals surface area contributed by atoms with Gasteiger partial charge in [-0.1, -0.05) is 51.1 Å². The molecule has 1 aliphatic carbocycles. The lowest BCUT2D eigenvalue weighted by molar-refractivity contribution is -0.130. The molecular formula is C19H29NO3S. The molecule has 0 radical (unpaired) electrons. The Bertz CT molecular complexity index is 680. The van der Waals surface area contributed by atoms with Crippen LogP contribution >= 0.6 is 0 Å². The van der Waals surface area contributed by atoms with E-state index in [1.807, 2.05) is 44.2 Å². The molecule has 0 aliphatic heterocycles.